The van der Waals surface area contributed by atoms with Gasteiger partial charge in [-0.2, -0.15) is 0 Å². The van der Waals surface area contributed by atoms with Gasteiger partial charge >= 0.3 is 0 Å². The molecule has 1 saturated heterocycles. The molecule has 0 aromatic heterocycles. The zero-order valence-electron chi connectivity index (χ0n) is 10.8. The Hall–Kier alpha value is -1.02. The zero-order valence-corrected chi connectivity index (χ0v) is 11.6. The molecule has 0 bridgehead atoms. The predicted octanol–water partition coefficient (Wildman–Crippen LogP) is 0.399. The molecule has 2 atom stereocenters. The lowest BCUT2D eigenvalue weighted by molar-refractivity contribution is 0.103. The number of sulfonamides is 1. The van der Waals surface area contributed by atoms with Crippen LogP contribution in [0.15, 0.2) is 23.1 Å². The van der Waals surface area contributed by atoms with Gasteiger partial charge in [0.05, 0.1) is 12.1 Å². The van der Waals surface area contributed by atoms with E-state index < -0.39 is 21.9 Å². The molecule has 0 amide bonds. The summed E-state index contributed by atoms with van der Waals surface area (Å²) in [6, 6.07) is 3.62. The normalized spacial score (nSPS) is 23.7. The van der Waals surface area contributed by atoms with Crippen LogP contribution in [0.3, 0.4) is 0 Å². The molecule has 1 unspecified atom stereocenters. The van der Waals surface area contributed by atoms with Gasteiger partial charge in [0.25, 0.3) is 0 Å². The van der Waals surface area contributed by atoms with Gasteiger partial charge in [-0.3, -0.25) is 0 Å². The first-order valence-corrected chi connectivity index (χ1v) is 7.44. The monoisotopic (exact) mass is 288 g/mol. The molecule has 2 N–H and O–H groups in total. The van der Waals surface area contributed by atoms with E-state index in [9.17, 15) is 12.8 Å². The van der Waals surface area contributed by atoms with E-state index in [1.807, 2.05) is 0 Å². The Bertz CT molecular complexity index is 562. The molecule has 0 aliphatic carbocycles. The van der Waals surface area contributed by atoms with Gasteiger partial charge in [-0.15, -0.1) is 0 Å². The summed E-state index contributed by atoms with van der Waals surface area (Å²) in [6.07, 6.45) is -0.248. The summed E-state index contributed by atoms with van der Waals surface area (Å²) in [5, 5.41) is 3.03. The summed E-state index contributed by atoms with van der Waals surface area (Å²) in [6.45, 7) is 2.75. The van der Waals surface area contributed by atoms with Crippen LogP contribution in [0.4, 0.5) is 4.39 Å². The van der Waals surface area contributed by atoms with Crippen molar-refractivity contribution < 1.29 is 17.5 Å². The number of hydrogen-bond donors (Lipinski definition) is 2. The van der Waals surface area contributed by atoms with Crippen molar-refractivity contribution in [3.8, 4) is 0 Å². The van der Waals surface area contributed by atoms with Crippen molar-refractivity contribution in [3.05, 3.63) is 29.6 Å². The standard InChI is InChI=1S/C12H17FN2O3S/c1-8-3-4-9(13)12(5-8)19(16,17)15-10-6-14-7-11(10)18-2/h3-5,10-11,14-15H,6-7H2,1-2H3/t10?,11-/m0/s1. The molecule has 0 radical (unpaired) electrons. The molecule has 1 aliphatic heterocycles. The van der Waals surface area contributed by atoms with E-state index in [2.05, 4.69) is 10.0 Å². The topological polar surface area (TPSA) is 67.4 Å². The number of hydrogen-bond acceptors (Lipinski definition) is 4. The maximum absolute atomic E-state index is 13.7. The maximum Gasteiger partial charge on any atom is 0.243 e. The van der Waals surface area contributed by atoms with E-state index >= 15 is 0 Å². The minimum Gasteiger partial charge on any atom is -0.378 e. The van der Waals surface area contributed by atoms with Crippen LogP contribution in [0, 0.1) is 12.7 Å². The van der Waals surface area contributed by atoms with Gasteiger partial charge in [0.15, 0.2) is 0 Å². The largest absolute Gasteiger partial charge is 0.378 e. The zero-order chi connectivity index (χ0) is 14.0. The Morgan fingerprint density at radius 3 is 2.84 bits per heavy atom. The third-order valence-electron chi connectivity index (χ3n) is 3.14. The fourth-order valence-electron chi connectivity index (χ4n) is 2.10. The molecule has 1 aliphatic rings. The number of halogens is 1. The van der Waals surface area contributed by atoms with Crippen LogP contribution in [0.5, 0.6) is 0 Å². The van der Waals surface area contributed by atoms with Crippen molar-refractivity contribution in [2.45, 2.75) is 24.0 Å². The third-order valence-corrected chi connectivity index (χ3v) is 4.65. The van der Waals surface area contributed by atoms with Gasteiger partial charge in [-0.1, -0.05) is 6.07 Å². The van der Waals surface area contributed by atoms with Gasteiger partial charge in [-0.25, -0.2) is 17.5 Å². The SMILES string of the molecule is CO[C@H]1CNCC1NS(=O)(=O)c1cc(C)ccc1F. The Labute approximate surface area is 112 Å². The molecule has 0 saturated carbocycles. The lowest BCUT2D eigenvalue weighted by Crippen LogP contribution is -2.43. The number of benzene rings is 1. The lowest BCUT2D eigenvalue weighted by Gasteiger charge is -2.18. The highest BCUT2D eigenvalue weighted by Gasteiger charge is 2.32. The van der Waals surface area contributed by atoms with Crippen LogP contribution in [0.1, 0.15) is 5.56 Å². The van der Waals surface area contributed by atoms with E-state index in [0.29, 0.717) is 18.7 Å². The second kappa shape index (κ2) is 5.54. The number of aryl methyl sites for hydroxylation is 1. The first kappa shape index (κ1) is 14.4. The van der Waals surface area contributed by atoms with Gasteiger partial charge in [0.2, 0.25) is 10.0 Å². The Balaban J connectivity index is 2.25. The molecular formula is C12H17FN2O3S. The van der Waals surface area contributed by atoms with E-state index in [0.717, 1.165) is 6.07 Å². The van der Waals surface area contributed by atoms with Crippen LogP contribution in [0.25, 0.3) is 0 Å². The first-order chi connectivity index (χ1) is 8.94. The highest BCUT2D eigenvalue weighted by atomic mass is 32.2. The van der Waals surface area contributed by atoms with Gasteiger partial charge in [-0.05, 0) is 24.6 Å². The Kier molecular flexibility index (Phi) is 4.19. The van der Waals surface area contributed by atoms with Crippen molar-refractivity contribution in [2.75, 3.05) is 20.2 Å². The van der Waals surface area contributed by atoms with Crippen molar-refractivity contribution in [1.29, 1.82) is 0 Å². The minimum atomic E-state index is -3.88. The number of nitrogens with one attached hydrogen (secondary N) is 2. The lowest BCUT2D eigenvalue weighted by atomic mass is 10.2. The Morgan fingerprint density at radius 1 is 1.42 bits per heavy atom. The van der Waals surface area contributed by atoms with Crippen molar-refractivity contribution in [3.63, 3.8) is 0 Å². The van der Waals surface area contributed by atoms with Crippen LogP contribution >= 0.6 is 0 Å². The summed E-state index contributed by atoms with van der Waals surface area (Å²) in [7, 11) is -2.36. The summed E-state index contributed by atoms with van der Waals surface area (Å²) in [4.78, 5) is -0.325. The van der Waals surface area contributed by atoms with Crippen molar-refractivity contribution in [1.82, 2.24) is 10.0 Å². The smallest absolute Gasteiger partial charge is 0.243 e. The van der Waals surface area contributed by atoms with E-state index in [1.54, 1.807) is 6.92 Å². The molecule has 106 valence electrons. The fraction of sp³-hybridized carbons (Fsp3) is 0.500. The van der Waals surface area contributed by atoms with Gasteiger partial charge in [0, 0.05) is 20.2 Å². The van der Waals surface area contributed by atoms with Crippen LogP contribution in [-0.2, 0) is 14.8 Å². The molecule has 19 heavy (non-hydrogen) atoms. The number of rotatable bonds is 4. The second-order valence-electron chi connectivity index (χ2n) is 4.59. The van der Waals surface area contributed by atoms with Gasteiger partial charge < -0.3 is 10.1 Å². The summed E-state index contributed by atoms with van der Waals surface area (Å²) >= 11 is 0. The molecule has 1 aromatic carbocycles. The summed E-state index contributed by atoms with van der Waals surface area (Å²) in [5.74, 6) is -0.752. The Morgan fingerprint density at radius 2 is 2.16 bits per heavy atom. The second-order valence-corrected chi connectivity index (χ2v) is 6.28. The highest BCUT2D eigenvalue weighted by molar-refractivity contribution is 7.89. The quantitative estimate of drug-likeness (QED) is 0.841. The molecule has 2 rings (SSSR count). The highest BCUT2D eigenvalue weighted by Crippen LogP contribution is 2.17. The molecule has 0 spiro atoms. The molecule has 1 fully saturated rings. The molecule has 1 heterocycles. The van der Waals surface area contributed by atoms with E-state index in [-0.39, 0.29) is 11.0 Å². The first-order valence-electron chi connectivity index (χ1n) is 5.96. The average Bonchev–Trinajstić information content (AvgIpc) is 2.78. The average molecular weight is 288 g/mol. The fourth-order valence-corrected chi connectivity index (χ4v) is 3.53. The molecular weight excluding hydrogens is 271 g/mol. The van der Waals surface area contributed by atoms with E-state index in [1.165, 1.54) is 19.2 Å². The minimum absolute atomic E-state index is 0.248. The van der Waals surface area contributed by atoms with Crippen LogP contribution < -0.4 is 10.0 Å². The van der Waals surface area contributed by atoms with E-state index in [4.69, 9.17) is 4.74 Å². The summed E-state index contributed by atoms with van der Waals surface area (Å²) < 4.78 is 45.7. The van der Waals surface area contributed by atoms with Crippen molar-refractivity contribution in [2.24, 2.45) is 0 Å². The maximum atomic E-state index is 13.7. The van der Waals surface area contributed by atoms with Gasteiger partial charge in [0.1, 0.15) is 10.7 Å². The van der Waals surface area contributed by atoms with Crippen LogP contribution in [0.2, 0.25) is 0 Å². The number of methoxy groups -OCH3 is 1. The predicted molar refractivity (Wildman–Crippen MR) is 68.9 cm³/mol. The molecule has 1 aromatic rings. The third kappa shape index (κ3) is 3.11. The van der Waals surface area contributed by atoms with Crippen molar-refractivity contribution >= 4 is 10.0 Å². The molecule has 7 heteroatoms. The van der Waals surface area contributed by atoms with Crippen LogP contribution in [-0.4, -0.2) is 40.8 Å². The summed E-state index contributed by atoms with van der Waals surface area (Å²) in [5.41, 5.74) is 0.689. The number of ether oxygens (including phenoxy) is 1. The molecule has 5 nitrogen and oxygen atoms in total.